The molecule has 1 atom stereocenters. The molecule has 0 aromatic carbocycles. The average Bonchev–Trinajstić information content (AvgIpc) is 2.37. The molecule has 0 aliphatic carbocycles. The van der Waals surface area contributed by atoms with Crippen molar-refractivity contribution in [2.45, 2.75) is 26.3 Å². The lowest BCUT2D eigenvalue weighted by Crippen LogP contribution is -2.28. The largest absolute Gasteiger partial charge is 0.300 e. The second-order valence-electron chi connectivity index (χ2n) is 3.61. The van der Waals surface area contributed by atoms with E-state index in [4.69, 9.17) is 6.57 Å². The van der Waals surface area contributed by atoms with Crippen molar-refractivity contribution in [2.24, 2.45) is 5.92 Å². The summed E-state index contributed by atoms with van der Waals surface area (Å²) in [6.45, 7) is 12.8. The van der Waals surface area contributed by atoms with Gasteiger partial charge in [-0.3, -0.25) is 0 Å². The summed E-state index contributed by atoms with van der Waals surface area (Å²) in [6, 6.07) is 0.678. The smallest absolute Gasteiger partial charge is 0.267 e. The standard InChI is InChI=1S/C9H17N2/c1-8(2)11-5-4-9(7-11)6-10-3/h3,8-9H,4-7H2,1-2H3/q+1/t9-/m0/s1. The van der Waals surface area contributed by atoms with Crippen LogP contribution in [0.15, 0.2) is 0 Å². The van der Waals surface area contributed by atoms with E-state index in [0.717, 1.165) is 6.54 Å². The number of nitrogens with zero attached hydrogens (tertiary/aromatic N) is 2. The maximum atomic E-state index is 5.14. The van der Waals surface area contributed by atoms with Gasteiger partial charge in [-0.1, -0.05) is 4.85 Å². The second kappa shape index (κ2) is 3.73. The molecule has 2 nitrogen and oxygen atoms in total. The molecule has 0 unspecified atom stereocenters. The van der Waals surface area contributed by atoms with Gasteiger partial charge in [-0.2, -0.15) is 0 Å². The Morgan fingerprint density at radius 1 is 1.64 bits per heavy atom. The van der Waals surface area contributed by atoms with Crippen molar-refractivity contribution in [1.82, 2.24) is 4.90 Å². The maximum absolute atomic E-state index is 5.14. The van der Waals surface area contributed by atoms with Crippen LogP contribution in [0.4, 0.5) is 0 Å². The van der Waals surface area contributed by atoms with Crippen molar-refractivity contribution in [1.29, 1.82) is 0 Å². The van der Waals surface area contributed by atoms with Gasteiger partial charge >= 0.3 is 0 Å². The SMILES string of the molecule is C#[N+]C[C@@H]1CCN(C(C)C)C1. The van der Waals surface area contributed by atoms with Gasteiger partial charge in [-0.15, -0.1) is 0 Å². The summed E-state index contributed by atoms with van der Waals surface area (Å²) < 4.78 is 0. The van der Waals surface area contributed by atoms with Crippen molar-refractivity contribution in [3.63, 3.8) is 0 Å². The summed E-state index contributed by atoms with van der Waals surface area (Å²) in [6.07, 6.45) is 1.26. The highest BCUT2D eigenvalue weighted by molar-refractivity contribution is 4.83. The molecule has 1 fully saturated rings. The van der Waals surface area contributed by atoms with E-state index in [1.54, 1.807) is 0 Å². The first kappa shape index (κ1) is 8.55. The summed E-state index contributed by atoms with van der Waals surface area (Å²) in [5, 5.41) is 0. The Labute approximate surface area is 69.0 Å². The van der Waals surface area contributed by atoms with E-state index >= 15 is 0 Å². The monoisotopic (exact) mass is 153 g/mol. The third kappa shape index (κ3) is 2.20. The molecular weight excluding hydrogens is 136 g/mol. The number of likely N-dealkylation sites (tertiary alicyclic amines) is 1. The van der Waals surface area contributed by atoms with Crippen LogP contribution in [0.5, 0.6) is 0 Å². The minimum absolute atomic E-state index is 0.678. The van der Waals surface area contributed by atoms with Crippen LogP contribution in [0.1, 0.15) is 20.3 Å². The van der Waals surface area contributed by atoms with Gasteiger partial charge in [-0.05, 0) is 26.8 Å². The fraction of sp³-hybridized carbons (Fsp3) is 0.889. The van der Waals surface area contributed by atoms with E-state index < -0.39 is 0 Å². The van der Waals surface area contributed by atoms with Crippen molar-refractivity contribution in [2.75, 3.05) is 19.6 Å². The number of hydrogen-bond donors (Lipinski definition) is 0. The van der Waals surface area contributed by atoms with Crippen LogP contribution in [-0.4, -0.2) is 30.6 Å². The zero-order valence-corrected chi connectivity index (χ0v) is 7.45. The summed E-state index contributed by atoms with van der Waals surface area (Å²) in [5.74, 6) is 0.711. The van der Waals surface area contributed by atoms with E-state index in [-0.39, 0.29) is 0 Å². The second-order valence-corrected chi connectivity index (χ2v) is 3.61. The molecule has 0 spiro atoms. The summed E-state index contributed by atoms with van der Waals surface area (Å²) in [5.41, 5.74) is 0. The zero-order chi connectivity index (χ0) is 8.27. The van der Waals surface area contributed by atoms with Crippen molar-refractivity contribution in [3.05, 3.63) is 4.85 Å². The highest BCUT2D eigenvalue weighted by Crippen LogP contribution is 2.18. The van der Waals surface area contributed by atoms with E-state index in [1.807, 2.05) is 0 Å². The van der Waals surface area contributed by atoms with Crippen LogP contribution >= 0.6 is 0 Å². The van der Waals surface area contributed by atoms with E-state index in [9.17, 15) is 0 Å². The summed E-state index contributed by atoms with van der Waals surface area (Å²) in [7, 11) is 0. The molecular formula is C9H17N2+. The molecule has 0 aromatic heterocycles. The number of rotatable bonds is 2. The molecule has 0 saturated carbocycles. The van der Waals surface area contributed by atoms with Gasteiger partial charge in [0.2, 0.25) is 0 Å². The fourth-order valence-electron chi connectivity index (χ4n) is 1.63. The van der Waals surface area contributed by atoms with Crippen LogP contribution in [0, 0.1) is 12.5 Å². The minimum atomic E-state index is 0.678. The Morgan fingerprint density at radius 3 is 2.82 bits per heavy atom. The number of hydrogen-bond acceptors (Lipinski definition) is 1. The lowest BCUT2D eigenvalue weighted by molar-refractivity contribution is 0.267. The van der Waals surface area contributed by atoms with Gasteiger partial charge in [-0.25, -0.2) is 0 Å². The first-order valence-corrected chi connectivity index (χ1v) is 4.34. The summed E-state index contributed by atoms with van der Waals surface area (Å²) in [4.78, 5) is 6.17. The molecule has 0 radical (unpaired) electrons. The molecule has 1 rings (SSSR count). The first-order chi connectivity index (χ1) is 5.24. The molecule has 0 amide bonds. The molecule has 1 aliphatic heterocycles. The topological polar surface area (TPSA) is 7.60 Å². The third-order valence-corrected chi connectivity index (χ3v) is 2.41. The van der Waals surface area contributed by atoms with Gasteiger partial charge in [0.1, 0.15) is 0 Å². The van der Waals surface area contributed by atoms with E-state index in [0.29, 0.717) is 12.0 Å². The van der Waals surface area contributed by atoms with Crippen LogP contribution in [-0.2, 0) is 0 Å². The normalized spacial score (nSPS) is 25.8. The lowest BCUT2D eigenvalue weighted by Gasteiger charge is -2.18. The Balaban J connectivity index is 2.30. The van der Waals surface area contributed by atoms with Crippen molar-refractivity contribution < 1.29 is 0 Å². The Bertz CT molecular complexity index is 157. The molecule has 1 aliphatic rings. The molecule has 0 aromatic rings. The van der Waals surface area contributed by atoms with Gasteiger partial charge < -0.3 is 4.90 Å². The predicted molar refractivity (Wildman–Crippen MR) is 48.0 cm³/mol. The summed E-state index contributed by atoms with van der Waals surface area (Å²) >= 11 is 0. The van der Waals surface area contributed by atoms with Crippen LogP contribution < -0.4 is 0 Å². The molecule has 11 heavy (non-hydrogen) atoms. The molecule has 0 N–H and O–H groups in total. The van der Waals surface area contributed by atoms with E-state index in [1.165, 1.54) is 19.5 Å². The maximum Gasteiger partial charge on any atom is 0.267 e. The highest BCUT2D eigenvalue weighted by atomic mass is 15.2. The van der Waals surface area contributed by atoms with Gasteiger partial charge in [0, 0.05) is 18.5 Å². The minimum Gasteiger partial charge on any atom is -0.300 e. The lowest BCUT2D eigenvalue weighted by atomic mass is 10.1. The van der Waals surface area contributed by atoms with Crippen LogP contribution in [0.25, 0.3) is 4.85 Å². The van der Waals surface area contributed by atoms with Gasteiger partial charge in [0.25, 0.3) is 13.1 Å². The van der Waals surface area contributed by atoms with E-state index in [2.05, 4.69) is 23.6 Å². The fourth-order valence-corrected chi connectivity index (χ4v) is 1.63. The first-order valence-electron chi connectivity index (χ1n) is 4.34. The average molecular weight is 153 g/mol. The molecule has 1 heterocycles. The highest BCUT2D eigenvalue weighted by Gasteiger charge is 2.26. The quantitative estimate of drug-likeness (QED) is 0.585. The Morgan fingerprint density at radius 2 is 2.36 bits per heavy atom. The third-order valence-electron chi connectivity index (χ3n) is 2.41. The van der Waals surface area contributed by atoms with Gasteiger partial charge in [0.15, 0.2) is 0 Å². The van der Waals surface area contributed by atoms with Crippen LogP contribution in [0.3, 0.4) is 0 Å². The van der Waals surface area contributed by atoms with Crippen molar-refractivity contribution >= 4 is 0 Å². The van der Waals surface area contributed by atoms with Crippen LogP contribution in [0.2, 0.25) is 0 Å². The molecule has 0 bridgehead atoms. The molecule has 2 heteroatoms. The molecule has 62 valence electrons. The Hall–Kier alpha value is -0.550. The van der Waals surface area contributed by atoms with Gasteiger partial charge in [0.05, 0.1) is 0 Å². The molecule has 1 saturated heterocycles. The zero-order valence-electron chi connectivity index (χ0n) is 7.45. The Kier molecular flexibility index (Phi) is 2.90. The van der Waals surface area contributed by atoms with Crippen molar-refractivity contribution in [3.8, 4) is 6.57 Å². The predicted octanol–water partition coefficient (Wildman–Crippen LogP) is 1.68.